The molecule has 10 heteroatoms. The minimum Gasteiger partial charge on any atom is -0.490 e. The number of benzene rings is 2. The quantitative estimate of drug-likeness (QED) is 0.152. The van der Waals surface area contributed by atoms with Gasteiger partial charge in [-0.2, -0.15) is 0 Å². The Morgan fingerprint density at radius 1 is 0.595 bits per heavy atom. The molecule has 0 unspecified atom stereocenters. The first-order valence-electron chi connectivity index (χ1n) is 11.4. The number of hydrogen-bond donors (Lipinski definition) is 0. The van der Waals surface area contributed by atoms with Crippen LogP contribution in [0.2, 0.25) is 0 Å². The van der Waals surface area contributed by atoms with E-state index in [0.29, 0.717) is 11.5 Å². The summed E-state index contributed by atoms with van der Waals surface area (Å²) in [6.45, 7) is 6.23. The van der Waals surface area contributed by atoms with E-state index in [1.54, 1.807) is 24.3 Å². The van der Waals surface area contributed by atoms with Crippen LogP contribution in [0.3, 0.4) is 0 Å². The highest BCUT2D eigenvalue weighted by atomic mass is 16.6. The average Bonchev–Trinajstić information content (AvgIpc) is 2.88. The van der Waals surface area contributed by atoms with E-state index >= 15 is 0 Å². The van der Waals surface area contributed by atoms with Gasteiger partial charge in [0.25, 0.3) is 0 Å². The van der Waals surface area contributed by atoms with Crippen molar-refractivity contribution in [3.8, 4) is 11.5 Å². The van der Waals surface area contributed by atoms with Gasteiger partial charge in [0, 0.05) is 5.57 Å². The Hall–Kier alpha value is -4.34. The number of esters is 4. The molecule has 0 saturated heterocycles. The van der Waals surface area contributed by atoms with Gasteiger partial charge in [-0.15, -0.1) is 0 Å². The molecule has 0 N–H and O–H groups in total. The zero-order chi connectivity index (χ0) is 27.0. The first kappa shape index (κ1) is 28.9. The third-order valence-electron chi connectivity index (χ3n) is 4.59. The minimum atomic E-state index is -0.972. The van der Waals surface area contributed by atoms with E-state index in [2.05, 4.69) is 6.58 Å². The molecule has 37 heavy (non-hydrogen) atoms. The van der Waals surface area contributed by atoms with Crippen LogP contribution in [-0.4, -0.2) is 63.5 Å². The van der Waals surface area contributed by atoms with Gasteiger partial charge in [0.1, 0.15) is 37.9 Å². The van der Waals surface area contributed by atoms with Crippen molar-refractivity contribution in [1.29, 1.82) is 0 Å². The normalized spacial score (nSPS) is 10.1. The summed E-state index contributed by atoms with van der Waals surface area (Å²) in [7, 11) is 0. The van der Waals surface area contributed by atoms with Gasteiger partial charge in [0.05, 0.1) is 6.42 Å². The van der Waals surface area contributed by atoms with Crippen molar-refractivity contribution in [2.75, 3.05) is 39.6 Å². The van der Waals surface area contributed by atoms with Gasteiger partial charge in [-0.3, -0.25) is 4.79 Å². The Balaban J connectivity index is 1.51. The van der Waals surface area contributed by atoms with E-state index in [4.69, 9.17) is 28.4 Å². The summed E-state index contributed by atoms with van der Waals surface area (Å²) in [6, 6.07) is 14.7. The Bertz CT molecular complexity index is 1060. The SMILES string of the molecule is C=C(CC(=O)OCC(=O)OCCOc1ccc(C)cc1)C(=O)OCC(=O)OCCOc1ccc(C)cc1. The second kappa shape index (κ2) is 15.6. The topological polar surface area (TPSA) is 124 Å². The molecular formula is C27H30O10. The third kappa shape index (κ3) is 12.3. The van der Waals surface area contributed by atoms with E-state index < -0.39 is 43.5 Å². The summed E-state index contributed by atoms with van der Waals surface area (Å²) in [5.41, 5.74) is 1.93. The first-order chi connectivity index (χ1) is 17.7. The summed E-state index contributed by atoms with van der Waals surface area (Å²) >= 11 is 0. The molecule has 0 aliphatic carbocycles. The lowest BCUT2D eigenvalue weighted by Crippen LogP contribution is -2.22. The van der Waals surface area contributed by atoms with Gasteiger partial charge >= 0.3 is 23.9 Å². The van der Waals surface area contributed by atoms with Crippen LogP contribution in [0.15, 0.2) is 60.7 Å². The molecule has 2 aromatic rings. The van der Waals surface area contributed by atoms with Crippen molar-refractivity contribution in [1.82, 2.24) is 0 Å². The fourth-order valence-electron chi connectivity index (χ4n) is 2.65. The van der Waals surface area contributed by atoms with Crippen molar-refractivity contribution >= 4 is 23.9 Å². The largest absolute Gasteiger partial charge is 0.490 e. The number of carbonyl (C=O) groups excluding carboxylic acids is 4. The molecule has 0 aliphatic rings. The highest BCUT2D eigenvalue weighted by Gasteiger charge is 2.17. The second-order valence-electron chi connectivity index (χ2n) is 7.78. The smallest absolute Gasteiger partial charge is 0.344 e. The molecule has 0 bridgehead atoms. The predicted octanol–water partition coefficient (Wildman–Crippen LogP) is 2.88. The fourth-order valence-corrected chi connectivity index (χ4v) is 2.65. The van der Waals surface area contributed by atoms with Crippen molar-refractivity contribution in [3.05, 3.63) is 71.8 Å². The highest BCUT2D eigenvalue weighted by molar-refractivity contribution is 5.94. The van der Waals surface area contributed by atoms with Gasteiger partial charge in [-0.1, -0.05) is 42.0 Å². The van der Waals surface area contributed by atoms with Crippen LogP contribution >= 0.6 is 0 Å². The third-order valence-corrected chi connectivity index (χ3v) is 4.59. The van der Waals surface area contributed by atoms with Crippen LogP contribution in [0.1, 0.15) is 17.5 Å². The standard InChI is InChI=1S/C27H30O10/c1-19-4-8-22(9-5-19)32-12-14-34-25(29)17-36-24(28)16-21(3)27(31)37-18-26(30)35-15-13-33-23-10-6-20(2)7-11-23/h4-11H,3,12-18H2,1-2H3. The molecule has 0 spiro atoms. The zero-order valence-electron chi connectivity index (χ0n) is 20.9. The van der Waals surface area contributed by atoms with Crippen LogP contribution in [-0.2, 0) is 38.1 Å². The molecule has 0 saturated carbocycles. The van der Waals surface area contributed by atoms with Gasteiger partial charge in [0.2, 0.25) is 0 Å². The summed E-state index contributed by atoms with van der Waals surface area (Å²) < 4.78 is 30.2. The number of carbonyl (C=O) groups is 4. The van der Waals surface area contributed by atoms with Crippen molar-refractivity contribution in [2.45, 2.75) is 20.3 Å². The molecule has 0 aromatic heterocycles. The van der Waals surface area contributed by atoms with Gasteiger partial charge in [-0.05, 0) is 38.1 Å². The second-order valence-corrected chi connectivity index (χ2v) is 7.78. The number of rotatable bonds is 15. The van der Waals surface area contributed by atoms with Gasteiger partial charge < -0.3 is 28.4 Å². The van der Waals surface area contributed by atoms with Gasteiger partial charge in [-0.25, -0.2) is 14.4 Å². The molecule has 0 atom stereocenters. The van der Waals surface area contributed by atoms with Gasteiger partial charge in [0.15, 0.2) is 13.2 Å². The molecule has 10 nitrogen and oxygen atoms in total. The van der Waals surface area contributed by atoms with Crippen LogP contribution in [0, 0.1) is 13.8 Å². The average molecular weight is 515 g/mol. The lowest BCUT2D eigenvalue weighted by molar-refractivity contribution is -0.160. The van der Waals surface area contributed by atoms with Crippen molar-refractivity contribution in [3.63, 3.8) is 0 Å². The maximum Gasteiger partial charge on any atom is 0.344 e. The van der Waals surface area contributed by atoms with E-state index in [1.807, 2.05) is 38.1 Å². The molecular weight excluding hydrogens is 484 g/mol. The Morgan fingerprint density at radius 3 is 1.49 bits per heavy atom. The van der Waals surface area contributed by atoms with Crippen molar-refractivity contribution in [2.24, 2.45) is 0 Å². The number of ether oxygens (including phenoxy) is 6. The van der Waals surface area contributed by atoms with E-state index in [0.717, 1.165) is 11.1 Å². The molecule has 0 heterocycles. The Kier molecular flexibility index (Phi) is 12.2. The summed E-state index contributed by atoms with van der Waals surface area (Å²) in [5, 5.41) is 0. The lowest BCUT2D eigenvalue weighted by atomic mass is 10.2. The minimum absolute atomic E-state index is 0.0303. The molecule has 198 valence electrons. The Morgan fingerprint density at radius 2 is 1.03 bits per heavy atom. The maximum absolute atomic E-state index is 11.9. The van der Waals surface area contributed by atoms with Crippen LogP contribution in [0.5, 0.6) is 11.5 Å². The van der Waals surface area contributed by atoms with E-state index in [9.17, 15) is 19.2 Å². The fraction of sp³-hybridized carbons (Fsp3) is 0.333. The molecule has 2 aromatic carbocycles. The summed E-state index contributed by atoms with van der Waals surface area (Å²) in [5.74, 6) is -2.14. The van der Waals surface area contributed by atoms with Crippen LogP contribution in [0.4, 0.5) is 0 Å². The lowest BCUT2D eigenvalue weighted by Gasteiger charge is -2.09. The van der Waals surface area contributed by atoms with E-state index in [-0.39, 0.29) is 32.0 Å². The van der Waals surface area contributed by atoms with Crippen LogP contribution in [0.25, 0.3) is 0 Å². The predicted molar refractivity (Wildman–Crippen MR) is 131 cm³/mol. The monoisotopic (exact) mass is 514 g/mol. The summed E-state index contributed by atoms with van der Waals surface area (Å²) in [6.07, 6.45) is -0.526. The number of hydrogen-bond acceptors (Lipinski definition) is 10. The molecule has 2 rings (SSSR count). The summed E-state index contributed by atoms with van der Waals surface area (Å²) in [4.78, 5) is 47.1. The molecule has 0 fully saturated rings. The van der Waals surface area contributed by atoms with E-state index in [1.165, 1.54) is 0 Å². The molecule has 0 aliphatic heterocycles. The Labute approximate surface area is 215 Å². The number of aryl methyl sites for hydroxylation is 2. The first-order valence-corrected chi connectivity index (χ1v) is 11.4. The molecule has 0 radical (unpaired) electrons. The highest BCUT2D eigenvalue weighted by Crippen LogP contribution is 2.12. The molecule has 0 amide bonds. The zero-order valence-corrected chi connectivity index (χ0v) is 20.9. The van der Waals surface area contributed by atoms with Crippen molar-refractivity contribution < 1.29 is 47.6 Å². The van der Waals surface area contributed by atoms with Crippen LogP contribution < -0.4 is 9.47 Å². The maximum atomic E-state index is 11.9.